The quantitative estimate of drug-likeness (QED) is 0.0158. The van der Waals surface area contributed by atoms with Gasteiger partial charge >= 0.3 is 13.3 Å². The van der Waals surface area contributed by atoms with Gasteiger partial charge in [0.1, 0.15) is 42.1 Å². The van der Waals surface area contributed by atoms with Gasteiger partial charge in [-0.25, -0.2) is 9.36 Å². The summed E-state index contributed by atoms with van der Waals surface area (Å²) in [6.45, 7) is 35.9. The Morgan fingerprint density at radius 1 is 0.444 bits per heavy atom. The average molecular weight is 1650 g/mol. The van der Waals surface area contributed by atoms with E-state index < -0.39 is 56.6 Å². The van der Waals surface area contributed by atoms with Gasteiger partial charge in [0, 0.05) is 95.1 Å². The van der Waals surface area contributed by atoms with E-state index in [0.717, 1.165) is 145 Å². The molecule has 0 atom stereocenters. The summed E-state index contributed by atoms with van der Waals surface area (Å²) in [7, 11) is -6.71. The Bertz CT molecular complexity index is 4870. The number of alkyl halides is 3. The number of rotatable bonds is 28. The number of aryl methyl sites for hydroxylation is 2. The van der Waals surface area contributed by atoms with Gasteiger partial charge in [-0.15, -0.1) is 0 Å². The Morgan fingerprint density at radius 3 is 1.32 bits per heavy atom. The van der Waals surface area contributed by atoms with Gasteiger partial charge in [-0.05, 0) is 178 Å². The third-order valence-corrected chi connectivity index (χ3v) is 25.3. The highest BCUT2D eigenvalue weighted by Gasteiger charge is 2.37. The van der Waals surface area contributed by atoms with Gasteiger partial charge in [0.2, 0.25) is 0 Å². The minimum absolute atomic E-state index is 0.0373. The number of aromatic amines is 1. The molecule has 0 radical (unpaired) electrons. The molecule has 570 valence electrons. The summed E-state index contributed by atoms with van der Waals surface area (Å²) in [5.41, 5.74) is 14.6. The standard InChI is InChI=1S/C32H44N2O3Si2.C20H16N2O.C19H23IN2OSi.C13H20BF3O4Si/c1-25-21-28(37-24-36-18-20-39(5,6)7)14-15-29(25)27-13-16-31-30(22-27)32(26-11-9-8-10-12-26)33-34(31)23-35-17-19-38(2,3)4;1-13-11-16(23)8-9-17(13)15-7-10-19-18(12-15)20(22-21-19)14-5-3-2-4-6-14;1-24(2,3)12-11-23-14-22-18-10-9-16(20)13-17(18)19(21-22)15-7-5-4-6-8-15;1-22(2,3)7-6-20-9-21-10-4-5-12(14(18)19)11(8-10)13(15,16)17/h8-16,21-22H,17-20,23-24H2,1-7H3;2-12,23H,1H3,(H,21,22);4-10,13H,11-12,14H2,1-3H3;4-5,8,18-19H,6-7,9H2,1-3H3. The largest absolute Gasteiger partial charge is 0.508 e. The maximum absolute atomic E-state index is 12.9. The zero-order valence-electron chi connectivity index (χ0n) is 64.7. The van der Waals surface area contributed by atoms with Gasteiger partial charge in [-0.1, -0.05) is 200 Å². The second-order valence-electron chi connectivity index (χ2n) is 31.8. The maximum Gasteiger partial charge on any atom is 0.489 e. The summed E-state index contributed by atoms with van der Waals surface area (Å²) in [5, 5.41) is 48.4. The molecule has 108 heavy (non-hydrogen) atoms. The molecule has 4 N–H and O–H groups in total. The molecule has 3 aromatic heterocycles. The first kappa shape index (κ1) is 84.0. The number of nitrogens with one attached hydrogen (secondary N) is 1. The lowest BCUT2D eigenvalue weighted by Crippen LogP contribution is -2.36. The first-order valence-corrected chi connectivity index (χ1v) is 52.4. The molecule has 12 aromatic rings. The van der Waals surface area contributed by atoms with E-state index in [-0.39, 0.29) is 19.3 Å². The van der Waals surface area contributed by atoms with Crippen LogP contribution in [-0.4, -0.2) is 124 Å². The van der Waals surface area contributed by atoms with Crippen molar-refractivity contribution in [3.63, 3.8) is 0 Å². The van der Waals surface area contributed by atoms with Crippen molar-refractivity contribution in [2.45, 2.75) is 136 Å². The van der Waals surface area contributed by atoms with Gasteiger partial charge in [-0.2, -0.15) is 28.5 Å². The van der Waals surface area contributed by atoms with E-state index in [9.17, 15) is 18.3 Å². The van der Waals surface area contributed by atoms with Crippen molar-refractivity contribution in [2.24, 2.45) is 0 Å². The van der Waals surface area contributed by atoms with E-state index >= 15 is 0 Å². The Kier molecular flexibility index (Phi) is 29.6. The van der Waals surface area contributed by atoms with Gasteiger partial charge < -0.3 is 43.6 Å². The molecular formula is C84H103BF3IN6O9Si4. The van der Waals surface area contributed by atoms with Crippen LogP contribution in [-0.2, 0) is 38.6 Å². The molecule has 3 heterocycles. The zero-order valence-corrected chi connectivity index (χ0v) is 70.8. The summed E-state index contributed by atoms with van der Waals surface area (Å²) in [6, 6.07) is 69.3. The van der Waals surface area contributed by atoms with Crippen molar-refractivity contribution >= 4 is 100 Å². The van der Waals surface area contributed by atoms with Crippen LogP contribution in [0.5, 0.6) is 17.2 Å². The summed E-state index contributed by atoms with van der Waals surface area (Å²) >= 11 is 2.35. The van der Waals surface area contributed by atoms with Crippen LogP contribution >= 0.6 is 22.6 Å². The van der Waals surface area contributed by atoms with Crippen molar-refractivity contribution in [3.8, 4) is 73.3 Å². The molecule has 9 aromatic carbocycles. The molecule has 0 aliphatic carbocycles. The second-order valence-corrected chi connectivity index (χ2v) is 55.5. The molecule has 0 saturated heterocycles. The first-order valence-electron chi connectivity index (χ1n) is 36.5. The normalized spacial score (nSPS) is 12.0. The number of ether oxygens (including phenoxy) is 6. The van der Waals surface area contributed by atoms with Crippen LogP contribution in [0.15, 0.2) is 200 Å². The van der Waals surface area contributed by atoms with E-state index in [0.29, 0.717) is 25.8 Å². The zero-order chi connectivity index (χ0) is 78.0. The number of benzene rings is 9. The maximum atomic E-state index is 12.9. The number of aromatic nitrogens is 6. The number of phenols is 1. The van der Waals surface area contributed by atoms with Crippen LogP contribution in [0.4, 0.5) is 13.2 Å². The van der Waals surface area contributed by atoms with Crippen molar-refractivity contribution in [1.82, 2.24) is 29.8 Å². The molecule has 0 amide bonds. The van der Waals surface area contributed by atoms with Crippen LogP contribution in [0.25, 0.3) is 88.7 Å². The van der Waals surface area contributed by atoms with Crippen molar-refractivity contribution in [1.29, 1.82) is 0 Å². The number of fused-ring (bicyclic) bond motifs is 3. The Morgan fingerprint density at radius 2 is 0.861 bits per heavy atom. The molecule has 12 rings (SSSR count). The van der Waals surface area contributed by atoms with Gasteiger partial charge in [0.05, 0.1) is 27.8 Å². The number of halogens is 4. The second kappa shape index (κ2) is 38.1. The number of hydrogen-bond donors (Lipinski definition) is 4. The number of nitrogens with zero attached hydrogens (tertiary/aromatic N) is 5. The number of H-pyrrole nitrogens is 1. The number of phenolic OH excluding ortho intramolecular Hbond substituents is 1. The monoisotopic (exact) mass is 1650 g/mol. The van der Waals surface area contributed by atoms with Crippen LogP contribution in [0.1, 0.15) is 16.7 Å². The Balaban J connectivity index is 0.000000172. The molecule has 15 nitrogen and oxygen atoms in total. The summed E-state index contributed by atoms with van der Waals surface area (Å²) in [4.78, 5) is 0. The third-order valence-electron chi connectivity index (χ3n) is 17.8. The van der Waals surface area contributed by atoms with Crippen LogP contribution < -0.4 is 14.9 Å². The van der Waals surface area contributed by atoms with E-state index in [1.54, 1.807) is 12.1 Å². The molecule has 0 aliphatic rings. The van der Waals surface area contributed by atoms with Crippen LogP contribution in [0, 0.1) is 17.4 Å². The minimum Gasteiger partial charge on any atom is -0.508 e. The Hall–Kier alpha value is -8.00. The van der Waals surface area contributed by atoms with Crippen LogP contribution in [0.3, 0.4) is 0 Å². The summed E-state index contributed by atoms with van der Waals surface area (Å²) in [5.74, 6) is 1.09. The van der Waals surface area contributed by atoms with Crippen molar-refractivity contribution < 1.29 is 56.7 Å². The summed E-state index contributed by atoms with van der Waals surface area (Å²) < 4.78 is 77.7. The predicted molar refractivity (Wildman–Crippen MR) is 455 cm³/mol. The molecule has 0 unspecified atom stereocenters. The van der Waals surface area contributed by atoms with E-state index in [2.05, 4.69) is 246 Å². The van der Waals surface area contributed by atoms with E-state index in [1.165, 1.54) is 26.6 Å². The molecule has 0 saturated carbocycles. The lowest BCUT2D eigenvalue weighted by Gasteiger charge is -2.16. The van der Waals surface area contributed by atoms with E-state index in [4.69, 9.17) is 48.7 Å². The van der Waals surface area contributed by atoms with Crippen molar-refractivity contribution in [2.75, 3.05) is 40.0 Å². The molecule has 0 bridgehead atoms. The fourth-order valence-electron chi connectivity index (χ4n) is 11.6. The lowest BCUT2D eigenvalue weighted by molar-refractivity contribution is -0.137. The highest BCUT2D eigenvalue weighted by molar-refractivity contribution is 14.1. The number of hydrogen-bond acceptors (Lipinski definition) is 12. The average Bonchev–Trinajstić information content (AvgIpc) is 1.61. The van der Waals surface area contributed by atoms with E-state index in [1.807, 2.05) is 58.8 Å². The molecule has 0 spiro atoms. The topological polar surface area (TPSA) is 180 Å². The fourth-order valence-corrected chi connectivity index (χ4v) is 15.1. The predicted octanol–water partition coefficient (Wildman–Crippen LogP) is 21.3. The molecule has 0 aliphatic heterocycles. The first-order chi connectivity index (χ1) is 51.2. The molecule has 24 heteroatoms. The minimum atomic E-state index is -4.70. The van der Waals surface area contributed by atoms with Crippen molar-refractivity contribution in [3.05, 3.63) is 220 Å². The highest BCUT2D eigenvalue weighted by atomic mass is 127. The third kappa shape index (κ3) is 25.3. The lowest BCUT2D eigenvalue weighted by atomic mass is 9.77. The van der Waals surface area contributed by atoms with Gasteiger partial charge in [0.15, 0.2) is 13.6 Å². The number of aromatic hydroxyl groups is 1. The Labute approximate surface area is 652 Å². The van der Waals surface area contributed by atoms with Crippen LogP contribution in [0.2, 0.25) is 103 Å². The molecule has 0 fully saturated rings. The van der Waals surface area contributed by atoms with Gasteiger partial charge in [0.25, 0.3) is 0 Å². The highest BCUT2D eigenvalue weighted by Crippen LogP contribution is 2.37. The smallest absolute Gasteiger partial charge is 0.489 e. The van der Waals surface area contributed by atoms with Gasteiger partial charge in [-0.3, -0.25) is 5.10 Å². The fraction of sp³-hybridized carbons (Fsp3) is 0.321. The SMILES string of the molecule is C[Si](C)(C)CCOCOc1ccc(B(O)O)c(C(F)(F)F)c1.C[Si](C)(C)CCOCn1nc(-c2ccccc2)c2cc(I)ccc21.Cc1cc(O)ccc1-c1ccc2[nH]nc(-c3ccccc3)c2c1.Cc1cc(OCOCC[Si](C)(C)C)ccc1-c1ccc2c(c1)c(-c1ccccc1)nn2COCC[Si](C)(C)C. The summed E-state index contributed by atoms with van der Waals surface area (Å²) in [6.07, 6.45) is -4.70. The molecular weight excluding hydrogens is 1540 g/mol.